The highest BCUT2D eigenvalue weighted by Gasteiger charge is 1.93. The minimum Gasteiger partial charge on any atom is -0.508 e. The topological polar surface area (TPSA) is 37.3 Å². The standard InChI is InChI=1S/C23H18O2/c24-17-22-3-1-2-21(16-22)11-10-19-6-4-18(5-7-19)8-9-20-12-14-23(25)15-13-20/h1-17,25H. The molecular weight excluding hydrogens is 308 g/mol. The van der Waals surface area contributed by atoms with Gasteiger partial charge >= 0.3 is 0 Å². The minimum absolute atomic E-state index is 0.270. The van der Waals surface area contributed by atoms with Crippen molar-refractivity contribution >= 4 is 30.6 Å². The van der Waals surface area contributed by atoms with Gasteiger partial charge in [-0.25, -0.2) is 0 Å². The number of carbonyl (C=O) groups excluding carboxylic acids is 1. The van der Waals surface area contributed by atoms with E-state index in [4.69, 9.17) is 0 Å². The molecule has 0 unspecified atom stereocenters. The molecule has 0 aliphatic heterocycles. The van der Waals surface area contributed by atoms with E-state index < -0.39 is 0 Å². The molecule has 25 heavy (non-hydrogen) atoms. The Bertz CT molecular complexity index is 902. The molecule has 3 rings (SSSR count). The summed E-state index contributed by atoms with van der Waals surface area (Å²) in [5.74, 6) is 0.270. The molecule has 0 aliphatic rings. The highest BCUT2D eigenvalue weighted by molar-refractivity contribution is 5.78. The zero-order chi connectivity index (χ0) is 17.5. The van der Waals surface area contributed by atoms with Crippen LogP contribution in [0.5, 0.6) is 5.75 Å². The molecule has 0 radical (unpaired) electrons. The number of phenolic OH excluding ortho intramolecular Hbond substituents is 1. The van der Waals surface area contributed by atoms with Crippen molar-refractivity contribution in [2.75, 3.05) is 0 Å². The van der Waals surface area contributed by atoms with Crippen molar-refractivity contribution in [3.8, 4) is 5.75 Å². The smallest absolute Gasteiger partial charge is 0.150 e. The lowest BCUT2D eigenvalue weighted by Crippen LogP contribution is -1.80. The number of aromatic hydroxyl groups is 1. The lowest BCUT2D eigenvalue weighted by molar-refractivity contribution is 0.112. The summed E-state index contributed by atoms with van der Waals surface area (Å²) in [6, 6.07) is 22.8. The summed E-state index contributed by atoms with van der Waals surface area (Å²) in [5, 5.41) is 9.29. The quantitative estimate of drug-likeness (QED) is 0.493. The maximum Gasteiger partial charge on any atom is 0.150 e. The second-order valence-electron chi connectivity index (χ2n) is 5.71. The van der Waals surface area contributed by atoms with E-state index in [0.29, 0.717) is 5.56 Å². The molecule has 3 aromatic rings. The minimum atomic E-state index is 0.270. The summed E-state index contributed by atoms with van der Waals surface area (Å²) < 4.78 is 0. The molecule has 122 valence electrons. The molecule has 0 aromatic heterocycles. The van der Waals surface area contributed by atoms with Crippen LogP contribution >= 0.6 is 0 Å². The molecule has 0 heterocycles. The van der Waals surface area contributed by atoms with Gasteiger partial charge in [-0.05, 0) is 40.5 Å². The summed E-state index contributed by atoms with van der Waals surface area (Å²) in [6.45, 7) is 0. The van der Waals surface area contributed by atoms with Gasteiger partial charge < -0.3 is 5.11 Å². The van der Waals surface area contributed by atoms with E-state index in [2.05, 4.69) is 24.3 Å². The third kappa shape index (κ3) is 4.79. The predicted octanol–water partition coefficient (Wildman–Crippen LogP) is 5.55. The molecule has 0 atom stereocenters. The molecule has 0 saturated carbocycles. The normalized spacial score (nSPS) is 11.2. The van der Waals surface area contributed by atoms with Crippen LogP contribution in [0.3, 0.4) is 0 Å². The first-order valence-corrected chi connectivity index (χ1v) is 8.03. The molecule has 0 saturated heterocycles. The molecule has 0 amide bonds. The summed E-state index contributed by atoms with van der Waals surface area (Å²) >= 11 is 0. The van der Waals surface area contributed by atoms with Crippen molar-refractivity contribution in [2.24, 2.45) is 0 Å². The Morgan fingerprint density at radius 1 is 0.560 bits per heavy atom. The van der Waals surface area contributed by atoms with Crippen LogP contribution in [0.4, 0.5) is 0 Å². The molecule has 0 aliphatic carbocycles. The Balaban J connectivity index is 1.68. The molecule has 1 N–H and O–H groups in total. The maximum absolute atomic E-state index is 10.8. The van der Waals surface area contributed by atoms with Crippen LogP contribution in [0, 0.1) is 0 Å². The molecule has 2 nitrogen and oxygen atoms in total. The number of hydrogen-bond donors (Lipinski definition) is 1. The predicted molar refractivity (Wildman–Crippen MR) is 104 cm³/mol. The van der Waals surface area contributed by atoms with E-state index in [-0.39, 0.29) is 5.75 Å². The van der Waals surface area contributed by atoms with Crippen LogP contribution in [0.15, 0.2) is 72.8 Å². The number of carbonyl (C=O) groups is 1. The van der Waals surface area contributed by atoms with E-state index in [0.717, 1.165) is 28.5 Å². The Labute approximate surface area is 147 Å². The van der Waals surface area contributed by atoms with Crippen LogP contribution in [0.1, 0.15) is 32.6 Å². The summed E-state index contributed by atoms with van der Waals surface area (Å²) in [7, 11) is 0. The van der Waals surface area contributed by atoms with Gasteiger partial charge in [0.25, 0.3) is 0 Å². The molecule has 0 spiro atoms. The first-order chi connectivity index (χ1) is 12.2. The zero-order valence-electron chi connectivity index (χ0n) is 13.7. The lowest BCUT2D eigenvalue weighted by atomic mass is 10.1. The molecule has 0 fully saturated rings. The van der Waals surface area contributed by atoms with Gasteiger partial charge in [0.2, 0.25) is 0 Å². The van der Waals surface area contributed by atoms with Crippen LogP contribution < -0.4 is 0 Å². The summed E-state index contributed by atoms with van der Waals surface area (Å²) in [6.07, 6.45) is 8.92. The van der Waals surface area contributed by atoms with Crippen LogP contribution in [0.2, 0.25) is 0 Å². The fourth-order valence-electron chi connectivity index (χ4n) is 2.42. The Morgan fingerprint density at radius 3 is 1.52 bits per heavy atom. The van der Waals surface area contributed by atoms with Crippen molar-refractivity contribution in [1.29, 1.82) is 0 Å². The van der Waals surface area contributed by atoms with Gasteiger partial charge in [-0.2, -0.15) is 0 Å². The number of rotatable bonds is 5. The van der Waals surface area contributed by atoms with E-state index in [1.807, 2.05) is 54.6 Å². The third-order valence-corrected chi connectivity index (χ3v) is 3.81. The van der Waals surface area contributed by atoms with Crippen molar-refractivity contribution < 1.29 is 9.90 Å². The zero-order valence-corrected chi connectivity index (χ0v) is 13.7. The average Bonchev–Trinajstić information content (AvgIpc) is 2.67. The fourth-order valence-corrected chi connectivity index (χ4v) is 2.42. The van der Waals surface area contributed by atoms with Crippen LogP contribution in [-0.4, -0.2) is 11.4 Å². The molecular formula is C23H18O2. The fraction of sp³-hybridized carbons (Fsp3) is 0. The number of benzene rings is 3. The number of aldehydes is 1. The summed E-state index contributed by atoms with van der Waals surface area (Å²) in [4.78, 5) is 10.8. The van der Waals surface area contributed by atoms with E-state index in [1.54, 1.807) is 18.2 Å². The van der Waals surface area contributed by atoms with Gasteiger partial charge in [0.1, 0.15) is 12.0 Å². The van der Waals surface area contributed by atoms with Crippen molar-refractivity contribution in [3.63, 3.8) is 0 Å². The van der Waals surface area contributed by atoms with Gasteiger partial charge in [0.15, 0.2) is 0 Å². The SMILES string of the molecule is O=Cc1cccc(C=Cc2ccc(C=Cc3ccc(O)cc3)cc2)c1. The third-order valence-electron chi connectivity index (χ3n) is 3.81. The molecule has 2 heteroatoms. The van der Waals surface area contributed by atoms with E-state index in [1.165, 1.54) is 0 Å². The Kier molecular flexibility index (Phi) is 5.22. The van der Waals surface area contributed by atoms with Gasteiger partial charge in [-0.3, -0.25) is 4.79 Å². The summed E-state index contributed by atoms with van der Waals surface area (Å²) in [5.41, 5.74) is 4.92. The van der Waals surface area contributed by atoms with Crippen molar-refractivity contribution in [3.05, 3.63) is 101 Å². The largest absolute Gasteiger partial charge is 0.508 e. The van der Waals surface area contributed by atoms with Crippen molar-refractivity contribution in [1.82, 2.24) is 0 Å². The lowest BCUT2D eigenvalue weighted by Gasteiger charge is -1.98. The van der Waals surface area contributed by atoms with Gasteiger partial charge in [-0.15, -0.1) is 0 Å². The monoisotopic (exact) mass is 326 g/mol. The number of hydrogen-bond acceptors (Lipinski definition) is 2. The second kappa shape index (κ2) is 7.93. The Morgan fingerprint density at radius 2 is 1.00 bits per heavy atom. The number of phenols is 1. The van der Waals surface area contributed by atoms with E-state index >= 15 is 0 Å². The van der Waals surface area contributed by atoms with Crippen molar-refractivity contribution in [2.45, 2.75) is 0 Å². The van der Waals surface area contributed by atoms with Gasteiger partial charge in [0, 0.05) is 5.56 Å². The molecule has 3 aromatic carbocycles. The highest BCUT2D eigenvalue weighted by Crippen LogP contribution is 2.15. The van der Waals surface area contributed by atoms with Crippen LogP contribution in [-0.2, 0) is 0 Å². The van der Waals surface area contributed by atoms with Gasteiger partial charge in [0.05, 0.1) is 0 Å². The highest BCUT2D eigenvalue weighted by atomic mass is 16.3. The first-order valence-electron chi connectivity index (χ1n) is 8.03. The first kappa shape index (κ1) is 16.5. The average molecular weight is 326 g/mol. The van der Waals surface area contributed by atoms with Gasteiger partial charge in [-0.1, -0.05) is 78.9 Å². The maximum atomic E-state index is 10.8. The molecule has 0 bridgehead atoms. The van der Waals surface area contributed by atoms with Crippen LogP contribution in [0.25, 0.3) is 24.3 Å². The Hall–Kier alpha value is -3.39. The van der Waals surface area contributed by atoms with E-state index in [9.17, 15) is 9.90 Å². The second-order valence-corrected chi connectivity index (χ2v) is 5.71.